The van der Waals surface area contributed by atoms with Crippen molar-refractivity contribution in [2.45, 2.75) is 13.8 Å². The summed E-state index contributed by atoms with van der Waals surface area (Å²) in [7, 11) is 3.28. The van der Waals surface area contributed by atoms with E-state index in [0.717, 1.165) is 0 Å². The Labute approximate surface area is 183 Å². The summed E-state index contributed by atoms with van der Waals surface area (Å²) in [5.74, 6) is 0.0134. The molecule has 0 aliphatic carbocycles. The molecule has 0 saturated carbocycles. The van der Waals surface area contributed by atoms with Gasteiger partial charge in [-0.3, -0.25) is 19.3 Å². The van der Waals surface area contributed by atoms with E-state index < -0.39 is 0 Å². The Morgan fingerprint density at radius 3 is 2.16 bits per heavy atom. The smallest absolute Gasteiger partial charge is 0.257 e. The van der Waals surface area contributed by atoms with Crippen molar-refractivity contribution < 1.29 is 19.1 Å². The Kier molecular flexibility index (Phi) is 9.02. The van der Waals surface area contributed by atoms with E-state index >= 15 is 0 Å². The van der Waals surface area contributed by atoms with Crippen LogP contribution < -0.4 is 15.4 Å². The van der Waals surface area contributed by atoms with Crippen LogP contribution in [0.1, 0.15) is 24.2 Å². The number of methoxy groups -OCH3 is 1. The van der Waals surface area contributed by atoms with Gasteiger partial charge in [0.1, 0.15) is 5.75 Å². The van der Waals surface area contributed by atoms with Crippen LogP contribution in [0.15, 0.2) is 48.5 Å². The third kappa shape index (κ3) is 7.11. The van der Waals surface area contributed by atoms with E-state index in [1.54, 1.807) is 72.5 Å². The number of nitrogens with one attached hydrogen (secondary N) is 2. The SMILES string of the molecule is CCN(CC)C(=O)CN(C)CC(=O)Nc1ccccc1C(=O)Nc1ccc(OC)cc1. The largest absolute Gasteiger partial charge is 0.497 e. The second kappa shape index (κ2) is 11.7. The average Bonchev–Trinajstić information content (AvgIpc) is 2.75. The fourth-order valence-corrected chi connectivity index (χ4v) is 3.06. The predicted molar refractivity (Wildman–Crippen MR) is 121 cm³/mol. The zero-order valence-electron chi connectivity index (χ0n) is 18.5. The van der Waals surface area contributed by atoms with Gasteiger partial charge in [0.25, 0.3) is 5.91 Å². The van der Waals surface area contributed by atoms with Gasteiger partial charge in [-0.25, -0.2) is 0 Å². The van der Waals surface area contributed by atoms with Crippen molar-refractivity contribution in [2.24, 2.45) is 0 Å². The molecule has 0 fully saturated rings. The molecule has 0 atom stereocenters. The van der Waals surface area contributed by atoms with Crippen molar-refractivity contribution in [3.63, 3.8) is 0 Å². The summed E-state index contributed by atoms with van der Waals surface area (Å²) in [5.41, 5.74) is 1.36. The van der Waals surface area contributed by atoms with E-state index in [9.17, 15) is 14.4 Å². The molecule has 3 amide bonds. The Hall–Kier alpha value is -3.39. The number of likely N-dealkylation sites (N-methyl/N-ethyl adjacent to an activating group) is 2. The fourth-order valence-electron chi connectivity index (χ4n) is 3.06. The lowest BCUT2D eigenvalue weighted by Crippen LogP contribution is -2.41. The summed E-state index contributed by atoms with van der Waals surface area (Å²) in [6, 6.07) is 13.8. The quantitative estimate of drug-likeness (QED) is 0.610. The van der Waals surface area contributed by atoms with Crippen LogP contribution >= 0.6 is 0 Å². The molecular weight excluding hydrogens is 396 g/mol. The molecule has 2 aromatic carbocycles. The summed E-state index contributed by atoms with van der Waals surface area (Å²) in [6.45, 7) is 5.28. The molecule has 8 heteroatoms. The van der Waals surface area contributed by atoms with Crippen LogP contribution in [0.3, 0.4) is 0 Å². The van der Waals surface area contributed by atoms with Crippen molar-refractivity contribution >= 4 is 29.1 Å². The number of hydrogen-bond acceptors (Lipinski definition) is 5. The topological polar surface area (TPSA) is 91.0 Å². The van der Waals surface area contributed by atoms with Crippen LogP contribution in [0.25, 0.3) is 0 Å². The molecule has 166 valence electrons. The highest BCUT2D eigenvalue weighted by atomic mass is 16.5. The summed E-state index contributed by atoms with van der Waals surface area (Å²) in [6.07, 6.45) is 0. The maximum Gasteiger partial charge on any atom is 0.257 e. The van der Waals surface area contributed by atoms with Crippen LogP contribution in [-0.4, -0.2) is 67.9 Å². The van der Waals surface area contributed by atoms with Crippen molar-refractivity contribution in [3.05, 3.63) is 54.1 Å². The third-order valence-electron chi connectivity index (χ3n) is 4.73. The molecule has 8 nitrogen and oxygen atoms in total. The number of para-hydroxylation sites is 1. The van der Waals surface area contributed by atoms with Gasteiger partial charge in [0.2, 0.25) is 11.8 Å². The summed E-state index contributed by atoms with van der Waals surface area (Å²) >= 11 is 0. The summed E-state index contributed by atoms with van der Waals surface area (Å²) in [4.78, 5) is 40.8. The molecule has 2 aromatic rings. The monoisotopic (exact) mass is 426 g/mol. The highest BCUT2D eigenvalue weighted by Gasteiger charge is 2.17. The average molecular weight is 427 g/mol. The second-order valence-electron chi connectivity index (χ2n) is 7.01. The van der Waals surface area contributed by atoms with E-state index in [2.05, 4.69) is 10.6 Å². The Bertz CT molecular complexity index is 895. The second-order valence-corrected chi connectivity index (χ2v) is 7.01. The molecular formula is C23H30N4O4. The maximum absolute atomic E-state index is 12.7. The molecule has 0 aliphatic heterocycles. The van der Waals surface area contributed by atoms with E-state index in [4.69, 9.17) is 4.74 Å². The van der Waals surface area contributed by atoms with Gasteiger partial charge < -0.3 is 20.3 Å². The van der Waals surface area contributed by atoms with E-state index in [1.165, 1.54) is 0 Å². The number of nitrogens with zero attached hydrogens (tertiary/aromatic N) is 2. The first-order valence-electron chi connectivity index (χ1n) is 10.2. The van der Waals surface area contributed by atoms with Crippen molar-refractivity contribution in [1.29, 1.82) is 0 Å². The van der Waals surface area contributed by atoms with Crippen LogP contribution in [0, 0.1) is 0 Å². The van der Waals surface area contributed by atoms with E-state index in [-0.39, 0.29) is 30.8 Å². The number of rotatable bonds is 10. The minimum Gasteiger partial charge on any atom is -0.497 e. The van der Waals surface area contributed by atoms with Crippen LogP contribution in [0.2, 0.25) is 0 Å². The molecule has 0 aliphatic rings. The number of carbonyl (C=O) groups excluding carboxylic acids is 3. The molecule has 0 radical (unpaired) electrons. The minimum atomic E-state index is -0.342. The van der Waals surface area contributed by atoms with Crippen LogP contribution in [0.5, 0.6) is 5.75 Å². The van der Waals surface area contributed by atoms with Crippen molar-refractivity contribution in [2.75, 3.05) is 51.0 Å². The molecule has 0 spiro atoms. The number of anilines is 2. The first kappa shape index (κ1) is 23.9. The number of amides is 3. The predicted octanol–water partition coefficient (Wildman–Crippen LogP) is 2.69. The Balaban J connectivity index is 1.99. The standard InChI is InChI=1S/C23H30N4O4/c1-5-27(6-2)22(29)16-26(3)15-21(28)25-20-10-8-7-9-19(20)23(30)24-17-11-13-18(31-4)14-12-17/h7-14H,5-6,15-16H2,1-4H3,(H,24,30)(H,25,28). The van der Waals surface area contributed by atoms with Gasteiger partial charge >= 0.3 is 0 Å². The number of benzene rings is 2. The van der Waals surface area contributed by atoms with Crippen LogP contribution in [-0.2, 0) is 9.59 Å². The van der Waals surface area contributed by atoms with Gasteiger partial charge in [0.05, 0.1) is 31.5 Å². The molecule has 0 bridgehead atoms. The zero-order valence-corrected chi connectivity index (χ0v) is 18.5. The molecule has 2 N–H and O–H groups in total. The highest BCUT2D eigenvalue weighted by molar-refractivity contribution is 6.10. The number of carbonyl (C=O) groups is 3. The summed E-state index contributed by atoms with van der Waals surface area (Å²) in [5, 5.41) is 5.58. The Morgan fingerprint density at radius 2 is 1.55 bits per heavy atom. The van der Waals surface area contributed by atoms with Crippen molar-refractivity contribution in [1.82, 2.24) is 9.80 Å². The highest BCUT2D eigenvalue weighted by Crippen LogP contribution is 2.19. The molecule has 0 saturated heterocycles. The van der Waals surface area contributed by atoms with Crippen LogP contribution in [0.4, 0.5) is 11.4 Å². The van der Waals surface area contributed by atoms with Gasteiger partial charge in [-0.2, -0.15) is 0 Å². The van der Waals surface area contributed by atoms with Gasteiger partial charge in [-0.05, 0) is 57.3 Å². The van der Waals surface area contributed by atoms with Gasteiger partial charge in [0.15, 0.2) is 0 Å². The summed E-state index contributed by atoms with van der Waals surface area (Å²) < 4.78 is 5.12. The molecule has 0 unspecified atom stereocenters. The van der Waals surface area contributed by atoms with E-state index in [1.807, 2.05) is 13.8 Å². The third-order valence-corrected chi connectivity index (χ3v) is 4.73. The molecule has 31 heavy (non-hydrogen) atoms. The van der Waals surface area contributed by atoms with Gasteiger partial charge in [0, 0.05) is 18.8 Å². The number of hydrogen-bond donors (Lipinski definition) is 2. The van der Waals surface area contributed by atoms with Gasteiger partial charge in [-0.1, -0.05) is 12.1 Å². The van der Waals surface area contributed by atoms with Crippen molar-refractivity contribution in [3.8, 4) is 5.75 Å². The lowest BCUT2D eigenvalue weighted by molar-refractivity contribution is -0.132. The van der Waals surface area contributed by atoms with E-state index in [0.29, 0.717) is 35.8 Å². The molecule has 2 rings (SSSR count). The first-order chi connectivity index (χ1) is 14.9. The zero-order chi connectivity index (χ0) is 22.8. The lowest BCUT2D eigenvalue weighted by Gasteiger charge is -2.22. The fraction of sp³-hybridized carbons (Fsp3) is 0.348. The first-order valence-corrected chi connectivity index (χ1v) is 10.2. The normalized spacial score (nSPS) is 10.5. The lowest BCUT2D eigenvalue weighted by atomic mass is 10.1. The molecule has 0 heterocycles. The minimum absolute atomic E-state index is 0.0282. The van der Waals surface area contributed by atoms with Gasteiger partial charge in [-0.15, -0.1) is 0 Å². The maximum atomic E-state index is 12.7. The Morgan fingerprint density at radius 1 is 0.903 bits per heavy atom. The molecule has 0 aromatic heterocycles. The number of ether oxygens (including phenoxy) is 1.